The van der Waals surface area contributed by atoms with Crippen molar-refractivity contribution in [1.82, 2.24) is 4.90 Å². The van der Waals surface area contributed by atoms with E-state index in [0.29, 0.717) is 36.7 Å². The molecule has 1 aromatic rings. The lowest BCUT2D eigenvalue weighted by Gasteiger charge is -2.33. The Morgan fingerprint density at radius 2 is 1.91 bits per heavy atom. The van der Waals surface area contributed by atoms with Crippen molar-refractivity contribution >= 4 is 23.5 Å². The number of halogens is 1. The number of amides is 1. The predicted molar refractivity (Wildman–Crippen MR) is 84.3 cm³/mol. The summed E-state index contributed by atoms with van der Waals surface area (Å²) in [5, 5.41) is 10.4. The molecule has 6 nitrogen and oxygen atoms in total. The predicted octanol–water partition coefficient (Wildman–Crippen LogP) is 1.49. The van der Waals surface area contributed by atoms with Crippen molar-refractivity contribution in [3.63, 3.8) is 0 Å². The minimum Gasteiger partial charge on any atom is -0.484 e. The van der Waals surface area contributed by atoms with Crippen molar-refractivity contribution in [2.45, 2.75) is 18.9 Å². The van der Waals surface area contributed by atoms with E-state index in [2.05, 4.69) is 4.74 Å². The van der Waals surface area contributed by atoms with Crippen molar-refractivity contribution in [3.8, 4) is 5.75 Å². The van der Waals surface area contributed by atoms with Gasteiger partial charge in [0.2, 0.25) is 0 Å². The molecular formula is C16H20ClNO5. The number of esters is 1. The number of aliphatic hydroxyl groups is 1. The van der Waals surface area contributed by atoms with E-state index < -0.39 is 12.1 Å². The van der Waals surface area contributed by atoms with Crippen LogP contribution in [0.5, 0.6) is 5.75 Å². The van der Waals surface area contributed by atoms with Crippen molar-refractivity contribution in [2.24, 2.45) is 5.92 Å². The summed E-state index contributed by atoms with van der Waals surface area (Å²) >= 11 is 5.78. The molecule has 2 rings (SSSR count). The van der Waals surface area contributed by atoms with E-state index in [-0.39, 0.29) is 18.4 Å². The zero-order chi connectivity index (χ0) is 16.8. The molecule has 1 aliphatic rings. The third-order valence-electron chi connectivity index (χ3n) is 3.96. The Morgan fingerprint density at radius 3 is 2.48 bits per heavy atom. The molecule has 1 aliphatic heterocycles. The molecule has 0 unspecified atom stereocenters. The summed E-state index contributed by atoms with van der Waals surface area (Å²) < 4.78 is 9.97. The van der Waals surface area contributed by atoms with Gasteiger partial charge in [0.05, 0.1) is 7.11 Å². The van der Waals surface area contributed by atoms with Gasteiger partial charge in [0.25, 0.3) is 5.91 Å². The smallest absolute Gasteiger partial charge is 0.334 e. The topological polar surface area (TPSA) is 76.1 Å². The molecule has 1 saturated heterocycles. The minimum atomic E-state index is -1.12. The number of hydrogen-bond acceptors (Lipinski definition) is 5. The van der Waals surface area contributed by atoms with Crippen molar-refractivity contribution < 1.29 is 24.2 Å². The summed E-state index contributed by atoms with van der Waals surface area (Å²) in [7, 11) is 1.25. The summed E-state index contributed by atoms with van der Waals surface area (Å²) in [6.45, 7) is 0.926. The highest BCUT2D eigenvalue weighted by Crippen LogP contribution is 2.22. The zero-order valence-corrected chi connectivity index (χ0v) is 13.7. The number of nitrogens with zero attached hydrogens (tertiary/aromatic N) is 1. The van der Waals surface area contributed by atoms with Gasteiger partial charge in [-0.15, -0.1) is 0 Å². The summed E-state index contributed by atoms with van der Waals surface area (Å²) in [5.74, 6) is -0.339. The Hall–Kier alpha value is -1.79. The average Bonchev–Trinajstić information content (AvgIpc) is 2.59. The molecule has 126 valence electrons. The Kier molecular flexibility index (Phi) is 6.24. The van der Waals surface area contributed by atoms with Gasteiger partial charge in [0, 0.05) is 18.1 Å². The molecule has 23 heavy (non-hydrogen) atoms. The molecule has 1 amide bonds. The molecular weight excluding hydrogens is 322 g/mol. The quantitative estimate of drug-likeness (QED) is 0.821. The lowest BCUT2D eigenvalue weighted by molar-refractivity contribution is -0.154. The summed E-state index contributed by atoms with van der Waals surface area (Å²) in [6.07, 6.45) is -0.00565. The van der Waals surface area contributed by atoms with Crippen LogP contribution in [0, 0.1) is 5.92 Å². The number of benzene rings is 1. The highest BCUT2D eigenvalue weighted by Gasteiger charge is 2.31. The van der Waals surface area contributed by atoms with Crippen molar-refractivity contribution in [2.75, 3.05) is 26.8 Å². The van der Waals surface area contributed by atoms with E-state index >= 15 is 0 Å². The molecule has 1 atom stereocenters. The third kappa shape index (κ3) is 4.84. The Bertz CT molecular complexity index is 540. The summed E-state index contributed by atoms with van der Waals surface area (Å²) in [4.78, 5) is 25.1. The molecule has 1 aromatic carbocycles. The second kappa shape index (κ2) is 8.17. The van der Waals surface area contributed by atoms with Crippen LogP contribution in [-0.2, 0) is 14.3 Å². The van der Waals surface area contributed by atoms with Crippen LogP contribution in [0.2, 0.25) is 5.02 Å². The van der Waals surface area contributed by atoms with Crippen LogP contribution in [0.1, 0.15) is 12.8 Å². The van der Waals surface area contributed by atoms with Gasteiger partial charge in [-0.1, -0.05) is 11.6 Å². The second-order valence-electron chi connectivity index (χ2n) is 5.43. The lowest BCUT2D eigenvalue weighted by Crippen LogP contribution is -2.44. The molecule has 1 fully saturated rings. The Morgan fingerprint density at radius 1 is 1.30 bits per heavy atom. The number of carbonyl (C=O) groups excluding carboxylic acids is 2. The first kappa shape index (κ1) is 17.6. The first-order valence-electron chi connectivity index (χ1n) is 7.43. The van der Waals surface area contributed by atoms with Crippen molar-refractivity contribution in [1.29, 1.82) is 0 Å². The number of methoxy groups -OCH3 is 1. The number of carbonyl (C=O) groups is 2. The van der Waals surface area contributed by atoms with Gasteiger partial charge < -0.3 is 19.5 Å². The van der Waals surface area contributed by atoms with Gasteiger partial charge in [0.15, 0.2) is 12.7 Å². The molecule has 0 radical (unpaired) electrons. The van der Waals surface area contributed by atoms with Gasteiger partial charge in [-0.25, -0.2) is 4.79 Å². The van der Waals surface area contributed by atoms with Crippen LogP contribution in [0.4, 0.5) is 0 Å². The molecule has 1 heterocycles. The maximum Gasteiger partial charge on any atom is 0.334 e. The number of ether oxygens (including phenoxy) is 2. The fraction of sp³-hybridized carbons (Fsp3) is 0.500. The number of hydrogen-bond donors (Lipinski definition) is 1. The highest BCUT2D eigenvalue weighted by molar-refractivity contribution is 6.30. The second-order valence-corrected chi connectivity index (χ2v) is 5.87. The van der Waals surface area contributed by atoms with Gasteiger partial charge in [-0.05, 0) is 43.0 Å². The van der Waals surface area contributed by atoms with E-state index in [1.54, 1.807) is 29.2 Å². The normalized spacial score (nSPS) is 16.7. The number of aliphatic hydroxyl groups excluding tert-OH is 1. The number of piperidine rings is 1. The van der Waals surface area contributed by atoms with Crippen LogP contribution >= 0.6 is 11.6 Å². The Balaban J connectivity index is 1.77. The first-order valence-corrected chi connectivity index (χ1v) is 7.81. The van der Waals surface area contributed by atoms with E-state index in [0.717, 1.165) is 0 Å². The van der Waals surface area contributed by atoms with E-state index in [4.69, 9.17) is 16.3 Å². The molecule has 0 saturated carbocycles. The van der Waals surface area contributed by atoms with Gasteiger partial charge >= 0.3 is 5.97 Å². The largest absolute Gasteiger partial charge is 0.484 e. The molecule has 0 aliphatic carbocycles. The molecule has 1 N–H and O–H groups in total. The molecule has 0 aromatic heterocycles. The molecule has 0 spiro atoms. The van der Waals surface area contributed by atoms with Crippen LogP contribution in [0.15, 0.2) is 24.3 Å². The Labute approximate surface area is 139 Å². The first-order chi connectivity index (χ1) is 11.0. The average molecular weight is 342 g/mol. The fourth-order valence-corrected chi connectivity index (χ4v) is 2.67. The standard InChI is InChI=1S/C16H20ClNO5/c1-22-16(21)15(20)11-6-8-18(9-7-11)14(19)10-23-13-4-2-12(17)3-5-13/h2-5,11,15,20H,6-10H2,1H3/t15-/m0/s1. The van der Waals surface area contributed by atoms with E-state index in [1.807, 2.05) is 0 Å². The zero-order valence-electron chi connectivity index (χ0n) is 12.9. The monoisotopic (exact) mass is 341 g/mol. The van der Waals surface area contributed by atoms with Crippen LogP contribution in [0.3, 0.4) is 0 Å². The van der Waals surface area contributed by atoms with E-state index in [1.165, 1.54) is 7.11 Å². The van der Waals surface area contributed by atoms with Crippen LogP contribution in [-0.4, -0.2) is 54.8 Å². The number of likely N-dealkylation sites (tertiary alicyclic amines) is 1. The minimum absolute atomic E-state index is 0.0497. The summed E-state index contributed by atoms with van der Waals surface area (Å²) in [5.41, 5.74) is 0. The van der Waals surface area contributed by atoms with Gasteiger partial charge in [-0.2, -0.15) is 0 Å². The maximum absolute atomic E-state index is 12.1. The van der Waals surface area contributed by atoms with Crippen LogP contribution < -0.4 is 4.74 Å². The maximum atomic E-state index is 12.1. The number of rotatable bonds is 5. The summed E-state index contributed by atoms with van der Waals surface area (Å²) in [6, 6.07) is 6.80. The molecule has 7 heteroatoms. The van der Waals surface area contributed by atoms with Crippen LogP contribution in [0.25, 0.3) is 0 Å². The fourth-order valence-electron chi connectivity index (χ4n) is 2.54. The lowest BCUT2D eigenvalue weighted by atomic mass is 9.91. The highest BCUT2D eigenvalue weighted by atomic mass is 35.5. The van der Waals surface area contributed by atoms with E-state index in [9.17, 15) is 14.7 Å². The molecule has 0 bridgehead atoms. The van der Waals surface area contributed by atoms with Gasteiger partial charge in [0.1, 0.15) is 5.75 Å². The SMILES string of the molecule is COC(=O)[C@@H](O)C1CCN(C(=O)COc2ccc(Cl)cc2)CC1. The third-order valence-corrected chi connectivity index (χ3v) is 4.21. The van der Waals surface area contributed by atoms with Crippen molar-refractivity contribution in [3.05, 3.63) is 29.3 Å². The van der Waals surface area contributed by atoms with Gasteiger partial charge in [-0.3, -0.25) is 4.79 Å².